The van der Waals surface area contributed by atoms with E-state index in [1.807, 2.05) is 48.5 Å². The van der Waals surface area contributed by atoms with Gasteiger partial charge < -0.3 is 24.7 Å². The molecular weight excluding hydrogens is 465 g/mol. The molecule has 1 saturated heterocycles. The first-order chi connectivity index (χ1) is 16.2. The Kier molecular flexibility index (Phi) is 6.99. The first-order valence-corrected chi connectivity index (χ1v) is 12.1. The van der Waals surface area contributed by atoms with Gasteiger partial charge in [-0.05, 0) is 28.8 Å². The Labute approximate surface area is 195 Å². The second kappa shape index (κ2) is 9.94. The SMILES string of the molecule is CC(=O)NCC1CN(c2ccc(-c3ccc(C4=NOC(COP(=O)(O)O)C4)cc3)cc2)C(=O)O1. The molecule has 3 N–H and O–H groups in total. The number of rotatable bonds is 8. The number of carbonyl (C=O) groups excluding carboxylic acids is 2. The van der Waals surface area contributed by atoms with Crippen molar-refractivity contribution in [1.82, 2.24) is 5.32 Å². The number of benzene rings is 2. The summed E-state index contributed by atoms with van der Waals surface area (Å²) >= 11 is 0. The molecule has 12 heteroatoms. The van der Waals surface area contributed by atoms with Gasteiger partial charge in [-0.3, -0.25) is 14.2 Å². The van der Waals surface area contributed by atoms with Crippen LogP contribution in [0, 0.1) is 0 Å². The number of ether oxygens (including phenoxy) is 1. The first kappa shape index (κ1) is 23.9. The zero-order chi connectivity index (χ0) is 24.3. The lowest BCUT2D eigenvalue weighted by molar-refractivity contribution is -0.119. The molecule has 0 aliphatic carbocycles. The molecule has 0 bridgehead atoms. The highest BCUT2D eigenvalue weighted by Gasteiger charge is 2.32. The Balaban J connectivity index is 1.35. The average molecular weight is 489 g/mol. The lowest BCUT2D eigenvalue weighted by Crippen LogP contribution is -2.33. The lowest BCUT2D eigenvalue weighted by atomic mass is 10.00. The summed E-state index contributed by atoms with van der Waals surface area (Å²) in [6.07, 6.45) is -1.02. The van der Waals surface area contributed by atoms with Crippen molar-refractivity contribution < 1.29 is 38.0 Å². The highest BCUT2D eigenvalue weighted by atomic mass is 31.2. The lowest BCUT2D eigenvalue weighted by Gasteiger charge is -2.14. The molecule has 0 spiro atoms. The average Bonchev–Trinajstić information content (AvgIpc) is 3.43. The fourth-order valence-corrected chi connectivity index (χ4v) is 4.01. The third-order valence-corrected chi connectivity index (χ3v) is 5.83. The van der Waals surface area contributed by atoms with Crippen molar-refractivity contribution in [2.24, 2.45) is 5.16 Å². The van der Waals surface area contributed by atoms with E-state index in [9.17, 15) is 14.2 Å². The molecule has 11 nitrogen and oxygen atoms in total. The third kappa shape index (κ3) is 6.00. The van der Waals surface area contributed by atoms with Crippen LogP contribution >= 0.6 is 7.82 Å². The quantitative estimate of drug-likeness (QED) is 0.479. The second-order valence-corrected chi connectivity index (χ2v) is 9.17. The van der Waals surface area contributed by atoms with Crippen LogP contribution in [-0.2, 0) is 23.5 Å². The number of anilines is 1. The van der Waals surface area contributed by atoms with Crippen molar-refractivity contribution >= 4 is 31.2 Å². The fraction of sp³-hybridized carbons (Fsp3) is 0.318. The van der Waals surface area contributed by atoms with E-state index >= 15 is 0 Å². The van der Waals surface area contributed by atoms with Crippen molar-refractivity contribution in [3.05, 3.63) is 54.1 Å². The number of phosphoric ester groups is 1. The van der Waals surface area contributed by atoms with E-state index < -0.39 is 26.1 Å². The van der Waals surface area contributed by atoms with Crippen molar-refractivity contribution in [3.8, 4) is 11.1 Å². The number of hydrogen-bond acceptors (Lipinski definition) is 7. The summed E-state index contributed by atoms with van der Waals surface area (Å²) < 4.78 is 20.6. The highest BCUT2D eigenvalue weighted by molar-refractivity contribution is 7.46. The Morgan fingerprint density at radius 3 is 2.35 bits per heavy atom. The van der Waals surface area contributed by atoms with Gasteiger partial charge in [-0.15, -0.1) is 0 Å². The van der Waals surface area contributed by atoms with Gasteiger partial charge in [0.25, 0.3) is 0 Å². The van der Waals surface area contributed by atoms with E-state index in [2.05, 4.69) is 15.0 Å². The second-order valence-electron chi connectivity index (χ2n) is 7.93. The maximum absolute atomic E-state index is 12.2. The van der Waals surface area contributed by atoms with Gasteiger partial charge in [-0.25, -0.2) is 9.36 Å². The number of carbonyl (C=O) groups is 2. The van der Waals surface area contributed by atoms with E-state index in [1.54, 1.807) is 0 Å². The molecule has 2 unspecified atom stereocenters. The Hall–Kier alpha value is -3.24. The summed E-state index contributed by atoms with van der Waals surface area (Å²) in [6, 6.07) is 15.1. The van der Waals surface area contributed by atoms with Crippen LogP contribution in [0.5, 0.6) is 0 Å². The van der Waals surface area contributed by atoms with E-state index in [4.69, 9.17) is 19.4 Å². The van der Waals surface area contributed by atoms with Gasteiger partial charge in [0, 0.05) is 19.0 Å². The summed E-state index contributed by atoms with van der Waals surface area (Å²) in [6.45, 7) is 1.80. The normalized spacial score (nSPS) is 20.0. The van der Waals surface area contributed by atoms with Crippen molar-refractivity contribution in [2.45, 2.75) is 25.6 Å². The van der Waals surface area contributed by atoms with Gasteiger partial charge in [-0.2, -0.15) is 0 Å². The molecule has 2 atom stereocenters. The van der Waals surface area contributed by atoms with Gasteiger partial charge in [0.1, 0.15) is 6.10 Å². The number of phosphoric acid groups is 1. The van der Waals surface area contributed by atoms with Gasteiger partial charge in [0.2, 0.25) is 5.91 Å². The minimum absolute atomic E-state index is 0.175. The molecule has 4 rings (SSSR count). The fourth-order valence-electron chi connectivity index (χ4n) is 3.65. The van der Waals surface area contributed by atoms with Crippen LogP contribution in [0.1, 0.15) is 18.9 Å². The number of nitrogens with zero attached hydrogens (tertiary/aromatic N) is 2. The molecule has 0 radical (unpaired) electrons. The van der Waals surface area contributed by atoms with E-state index in [0.29, 0.717) is 24.4 Å². The van der Waals surface area contributed by atoms with Crippen LogP contribution < -0.4 is 10.2 Å². The van der Waals surface area contributed by atoms with Crippen LogP contribution in [-0.4, -0.2) is 59.4 Å². The van der Waals surface area contributed by atoms with Crippen molar-refractivity contribution in [3.63, 3.8) is 0 Å². The van der Waals surface area contributed by atoms with Crippen LogP contribution in [0.4, 0.5) is 10.5 Å². The van der Waals surface area contributed by atoms with E-state index in [1.165, 1.54) is 11.8 Å². The minimum atomic E-state index is -4.55. The Morgan fingerprint density at radius 2 is 1.74 bits per heavy atom. The molecule has 0 saturated carbocycles. The number of oxime groups is 1. The largest absolute Gasteiger partial charge is 0.469 e. The maximum Gasteiger partial charge on any atom is 0.469 e. The number of nitrogens with one attached hydrogen (secondary N) is 1. The summed E-state index contributed by atoms with van der Waals surface area (Å²) in [5.41, 5.74) is 4.13. The third-order valence-electron chi connectivity index (χ3n) is 5.34. The van der Waals surface area contributed by atoms with Crippen LogP contribution in [0.2, 0.25) is 0 Å². The van der Waals surface area contributed by atoms with Gasteiger partial charge in [-0.1, -0.05) is 41.6 Å². The first-order valence-electron chi connectivity index (χ1n) is 10.5. The monoisotopic (exact) mass is 489 g/mol. The molecule has 2 heterocycles. The Bertz CT molecular complexity index is 1130. The van der Waals surface area contributed by atoms with Crippen LogP contribution in [0.25, 0.3) is 11.1 Å². The molecule has 180 valence electrons. The molecule has 2 aliphatic heterocycles. The van der Waals surface area contributed by atoms with Crippen molar-refractivity contribution in [1.29, 1.82) is 0 Å². The number of amides is 2. The maximum atomic E-state index is 12.2. The molecule has 2 amide bonds. The zero-order valence-corrected chi connectivity index (χ0v) is 19.2. The summed E-state index contributed by atoms with van der Waals surface area (Å²) in [7, 11) is -4.55. The van der Waals surface area contributed by atoms with E-state index in [0.717, 1.165) is 16.7 Å². The molecular formula is C22H24N3O8P. The molecule has 0 aromatic heterocycles. The number of hydrogen-bond donors (Lipinski definition) is 3. The topological polar surface area (TPSA) is 147 Å². The smallest absolute Gasteiger partial charge is 0.442 e. The Morgan fingerprint density at radius 1 is 1.12 bits per heavy atom. The van der Waals surface area contributed by atoms with Crippen LogP contribution in [0.15, 0.2) is 53.7 Å². The van der Waals surface area contributed by atoms with Gasteiger partial charge in [0.05, 0.1) is 25.4 Å². The minimum Gasteiger partial charge on any atom is -0.442 e. The summed E-state index contributed by atoms with van der Waals surface area (Å²) in [5.74, 6) is -0.175. The molecule has 1 fully saturated rings. The van der Waals surface area contributed by atoms with E-state index in [-0.39, 0.29) is 19.1 Å². The van der Waals surface area contributed by atoms with Crippen molar-refractivity contribution in [2.75, 3.05) is 24.6 Å². The molecule has 2 aliphatic rings. The van der Waals surface area contributed by atoms with Gasteiger partial charge in [0.15, 0.2) is 6.10 Å². The molecule has 2 aromatic carbocycles. The molecule has 34 heavy (non-hydrogen) atoms. The standard InChI is InChI=1S/C22H24N3O8P/c1-14(26)23-11-20-12-25(22(27)32-20)18-8-6-16(7-9-18)15-2-4-17(5-3-15)21-10-19(33-24-21)13-31-34(28,29)30/h2-9,19-20H,10-13H2,1H3,(H,23,26)(H2,28,29,30). The predicted molar refractivity (Wildman–Crippen MR) is 122 cm³/mol. The highest BCUT2D eigenvalue weighted by Crippen LogP contribution is 2.36. The molecule has 2 aromatic rings. The summed E-state index contributed by atoms with van der Waals surface area (Å²) in [5, 5.41) is 6.65. The van der Waals surface area contributed by atoms with Crippen LogP contribution in [0.3, 0.4) is 0 Å². The van der Waals surface area contributed by atoms with Gasteiger partial charge >= 0.3 is 13.9 Å². The predicted octanol–water partition coefficient (Wildman–Crippen LogP) is 2.42. The summed E-state index contributed by atoms with van der Waals surface area (Å²) in [4.78, 5) is 47.6. The zero-order valence-electron chi connectivity index (χ0n) is 18.3. The number of cyclic esters (lactones) is 1.